The fraction of sp³-hybridized carbons (Fsp3) is 0.450. The molecule has 4 rings (SSSR count). The minimum Gasteiger partial charge on any atom is -0.371 e. The number of nitrogens with one attached hydrogen (secondary N) is 1. The fourth-order valence-electron chi connectivity index (χ4n) is 3.88. The van der Waals surface area contributed by atoms with Gasteiger partial charge in [-0.25, -0.2) is 5.01 Å². The van der Waals surface area contributed by atoms with Crippen molar-refractivity contribution in [3.8, 4) is 0 Å². The van der Waals surface area contributed by atoms with Crippen LogP contribution in [0.4, 0.5) is 0 Å². The first-order valence-electron chi connectivity index (χ1n) is 9.41. The molecule has 1 aromatic carbocycles. The molecule has 1 saturated heterocycles. The third-order valence-corrected chi connectivity index (χ3v) is 5.21. The SMILES string of the molecule is CC(C)n1nccc1[C@@H]1OCCC[C@H]1C(=O)NN1Cc2ccccc2C1=O. The van der Waals surface area contributed by atoms with Gasteiger partial charge in [0.15, 0.2) is 0 Å². The van der Waals surface area contributed by atoms with Crippen LogP contribution < -0.4 is 5.43 Å². The number of nitrogens with zero attached hydrogens (tertiary/aromatic N) is 3. The molecule has 1 aromatic heterocycles. The Hall–Kier alpha value is -2.67. The molecule has 0 spiro atoms. The lowest BCUT2D eigenvalue weighted by Crippen LogP contribution is -2.47. The van der Waals surface area contributed by atoms with Gasteiger partial charge in [0, 0.05) is 24.4 Å². The molecule has 3 heterocycles. The fourth-order valence-corrected chi connectivity index (χ4v) is 3.88. The highest BCUT2D eigenvalue weighted by atomic mass is 16.5. The third-order valence-electron chi connectivity index (χ3n) is 5.21. The van der Waals surface area contributed by atoms with E-state index in [1.54, 1.807) is 12.3 Å². The van der Waals surface area contributed by atoms with Gasteiger partial charge in [0.1, 0.15) is 6.10 Å². The zero-order valence-corrected chi connectivity index (χ0v) is 15.6. The number of rotatable bonds is 4. The van der Waals surface area contributed by atoms with Gasteiger partial charge in [-0.1, -0.05) is 18.2 Å². The summed E-state index contributed by atoms with van der Waals surface area (Å²) in [5.74, 6) is -0.707. The summed E-state index contributed by atoms with van der Waals surface area (Å²) >= 11 is 0. The van der Waals surface area contributed by atoms with Crippen molar-refractivity contribution in [1.29, 1.82) is 0 Å². The second-order valence-electron chi connectivity index (χ2n) is 7.36. The molecular weight excluding hydrogens is 344 g/mol. The van der Waals surface area contributed by atoms with Crippen LogP contribution in [0, 0.1) is 5.92 Å². The molecule has 7 heteroatoms. The summed E-state index contributed by atoms with van der Waals surface area (Å²) in [7, 11) is 0. The molecule has 0 aliphatic carbocycles. The number of fused-ring (bicyclic) bond motifs is 1. The number of carbonyl (C=O) groups excluding carboxylic acids is 2. The van der Waals surface area contributed by atoms with E-state index in [0.29, 0.717) is 18.7 Å². The molecule has 27 heavy (non-hydrogen) atoms. The number of hydrazine groups is 1. The highest BCUT2D eigenvalue weighted by Gasteiger charge is 2.37. The lowest BCUT2D eigenvalue weighted by Gasteiger charge is -2.32. The molecule has 0 saturated carbocycles. The number of hydrogen-bond donors (Lipinski definition) is 1. The van der Waals surface area contributed by atoms with Crippen LogP contribution in [0.1, 0.15) is 60.5 Å². The zero-order chi connectivity index (χ0) is 19.0. The lowest BCUT2D eigenvalue weighted by molar-refractivity contribution is -0.139. The Bertz CT molecular complexity index is 860. The topological polar surface area (TPSA) is 76.5 Å². The second-order valence-corrected chi connectivity index (χ2v) is 7.36. The number of aromatic nitrogens is 2. The number of hydrogen-bond acceptors (Lipinski definition) is 4. The van der Waals surface area contributed by atoms with Gasteiger partial charge in [0.2, 0.25) is 5.91 Å². The van der Waals surface area contributed by atoms with Gasteiger partial charge < -0.3 is 4.74 Å². The maximum Gasteiger partial charge on any atom is 0.272 e. The normalized spacial score (nSPS) is 22.2. The molecule has 0 bridgehead atoms. The van der Waals surface area contributed by atoms with Crippen LogP contribution in [0.5, 0.6) is 0 Å². The number of amides is 2. The van der Waals surface area contributed by atoms with E-state index in [4.69, 9.17) is 4.74 Å². The van der Waals surface area contributed by atoms with E-state index in [-0.39, 0.29) is 29.9 Å². The highest BCUT2D eigenvalue weighted by Crippen LogP contribution is 2.35. The maximum atomic E-state index is 13.0. The molecule has 7 nitrogen and oxygen atoms in total. The Balaban J connectivity index is 1.52. The molecule has 0 unspecified atom stereocenters. The quantitative estimate of drug-likeness (QED) is 0.900. The molecule has 142 valence electrons. The van der Waals surface area contributed by atoms with Crippen molar-refractivity contribution in [2.75, 3.05) is 6.61 Å². The Kier molecular flexibility index (Phi) is 4.70. The van der Waals surface area contributed by atoms with E-state index in [9.17, 15) is 9.59 Å². The van der Waals surface area contributed by atoms with E-state index in [2.05, 4.69) is 24.4 Å². The molecule has 1 N–H and O–H groups in total. The first-order valence-corrected chi connectivity index (χ1v) is 9.41. The Labute approximate surface area is 158 Å². The maximum absolute atomic E-state index is 13.0. The highest BCUT2D eigenvalue weighted by molar-refractivity contribution is 5.99. The van der Waals surface area contributed by atoms with E-state index in [1.807, 2.05) is 28.9 Å². The third kappa shape index (κ3) is 3.23. The lowest BCUT2D eigenvalue weighted by atomic mass is 9.91. The predicted molar refractivity (Wildman–Crippen MR) is 98.5 cm³/mol. The van der Waals surface area contributed by atoms with E-state index in [0.717, 1.165) is 24.1 Å². The van der Waals surface area contributed by atoms with E-state index < -0.39 is 0 Å². The minimum absolute atomic E-state index is 0.167. The summed E-state index contributed by atoms with van der Waals surface area (Å²) < 4.78 is 7.87. The number of benzene rings is 1. The Morgan fingerprint density at radius 1 is 1.30 bits per heavy atom. The molecule has 2 aromatic rings. The Morgan fingerprint density at radius 3 is 2.89 bits per heavy atom. The summed E-state index contributed by atoms with van der Waals surface area (Å²) in [5, 5.41) is 5.77. The molecular formula is C20H24N4O3. The van der Waals surface area contributed by atoms with Crippen LogP contribution in [0.25, 0.3) is 0 Å². The van der Waals surface area contributed by atoms with Crippen LogP contribution >= 0.6 is 0 Å². The van der Waals surface area contributed by atoms with Crippen molar-refractivity contribution in [1.82, 2.24) is 20.2 Å². The van der Waals surface area contributed by atoms with Crippen molar-refractivity contribution >= 4 is 11.8 Å². The van der Waals surface area contributed by atoms with Crippen LogP contribution in [0.3, 0.4) is 0 Å². The zero-order valence-electron chi connectivity index (χ0n) is 15.6. The molecule has 0 radical (unpaired) electrons. The summed E-state index contributed by atoms with van der Waals surface area (Å²) in [4.78, 5) is 25.6. The van der Waals surface area contributed by atoms with Crippen LogP contribution in [-0.4, -0.2) is 33.2 Å². The van der Waals surface area contributed by atoms with Gasteiger partial charge >= 0.3 is 0 Å². The second kappa shape index (κ2) is 7.15. The first kappa shape index (κ1) is 17.7. The molecule has 2 aliphatic heterocycles. The first-order chi connectivity index (χ1) is 13.1. The molecule has 1 fully saturated rings. The average molecular weight is 368 g/mol. The summed E-state index contributed by atoms with van der Waals surface area (Å²) in [6, 6.07) is 9.52. The van der Waals surface area contributed by atoms with Gasteiger partial charge in [0.25, 0.3) is 5.91 Å². The van der Waals surface area contributed by atoms with Crippen molar-refractivity contribution in [3.05, 3.63) is 53.3 Å². The van der Waals surface area contributed by atoms with Gasteiger partial charge in [-0.05, 0) is 44.4 Å². The van der Waals surface area contributed by atoms with Crippen molar-refractivity contribution in [2.24, 2.45) is 5.92 Å². The number of carbonyl (C=O) groups is 2. The van der Waals surface area contributed by atoms with Crippen molar-refractivity contribution < 1.29 is 14.3 Å². The van der Waals surface area contributed by atoms with Crippen LogP contribution in [0.2, 0.25) is 0 Å². The van der Waals surface area contributed by atoms with Gasteiger partial charge in [-0.3, -0.25) is 19.7 Å². The van der Waals surface area contributed by atoms with Crippen LogP contribution in [0.15, 0.2) is 36.5 Å². The number of ether oxygens (including phenoxy) is 1. The Morgan fingerprint density at radius 2 is 2.11 bits per heavy atom. The van der Waals surface area contributed by atoms with Crippen molar-refractivity contribution in [3.63, 3.8) is 0 Å². The molecule has 2 amide bonds. The van der Waals surface area contributed by atoms with E-state index >= 15 is 0 Å². The minimum atomic E-state index is -0.358. The predicted octanol–water partition coefficient (Wildman–Crippen LogP) is 2.62. The molecule has 2 atom stereocenters. The summed E-state index contributed by atoms with van der Waals surface area (Å²) in [6.07, 6.45) is 2.92. The van der Waals surface area contributed by atoms with Gasteiger partial charge in [-0.15, -0.1) is 0 Å². The van der Waals surface area contributed by atoms with E-state index in [1.165, 1.54) is 5.01 Å². The standard InChI is InChI=1S/C20H24N4O3/c1-13(2)24-17(9-10-21-24)18-16(8-5-11-27-18)19(25)22-23-12-14-6-3-4-7-15(14)20(23)26/h3-4,6-7,9-10,13,16,18H,5,8,11-12H2,1-2H3,(H,22,25)/t16-,18-/m1/s1. The monoisotopic (exact) mass is 368 g/mol. The van der Waals surface area contributed by atoms with Crippen LogP contribution in [-0.2, 0) is 16.1 Å². The van der Waals surface area contributed by atoms with Gasteiger partial charge in [-0.2, -0.15) is 5.10 Å². The summed E-state index contributed by atoms with van der Waals surface area (Å²) in [6.45, 7) is 5.11. The smallest absolute Gasteiger partial charge is 0.272 e. The molecule has 2 aliphatic rings. The largest absolute Gasteiger partial charge is 0.371 e. The summed E-state index contributed by atoms with van der Waals surface area (Å²) in [5.41, 5.74) is 5.30. The average Bonchev–Trinajstić information content (AvgIpc) is 3.28. The van der Waals surface area contributed by atoms with Gasteiger partial charge in [0.05, 0.1) is 18.2 Å². The van der Waals surface area contributed by atoms with Crippen molar-refractivity contribution in [2.45, 2.75) is 45.4 Å².